The number of halogens is 1. The highest BCUT2D eigenvalue weighted by atomic mass is 79.9. The largest absolute Gasteiger partial charge is 0.497 e. The van der Waals surface area contributed by atoms with Crippen LogP contribution >= 0.6 is 15.9 Å². The van der Waals surface area contributed by atoms with Crippen LogP contribution in [-0.4, -0.2) is 44.1 Å². The van der Waals surface area contributed by atoms with E-state index in [9.17, 15) is 4.79 Å². The number of hydrogen-bond donors (Lipinski definition) is 1. The summed E-state index contributed by atoms with van der Waals surface area (Å²) < 4.78 is 5.97. The van der Waals surface area contributed by atoms with Gasteiger partial charge in [0, 0.05) is 24.1 Å². The number of methoxy groups -OCH3 is 1. The van der Waals surface area contributed by atoms with E-state index in [1.807, 2.05) is 19.2 Å². The van der Waals surface area contributed by atoms with E-state index < -0.39 is 0 Å². The standard InChI is InChI=1S/C14H19BrN2O2/c1-17(9-10-4-3-7-16-10)14(18)12-8-11(19-2)5-6-13(12)15/h5-6,8,10,16H,3-4,7,9H2,1-2H3. The van der Waals surface area contributed by atoms with Crippen molar-refractivity contribution in [2.75, 3.05) is 27.2 Å². The Labute approximate surface area is 122 Å². The quantitative estimate of drug-likeness (QED) is 0.923. The topological polar surface area (TPSA) is 41.6 Å². The third-order valence-corrected chi connectivity index (χ3v) is 4.10. The van der Waals surface area contributed by atoms with Gasteiger partial charge in [-0.25, -0.2) is 0 Å². The van der Waals surface area contributed by atoms with Crippen molar-refractivity contribution in [2.45, 2.75) is 18.9 Å². The van der Waals surface area contributed by atoms with E-state index in [2.05, 4.69) is 21.2 Å². The van der Waals surface area contributed by atoms with Crippen LogP contribution in [0.25, 0.3) is 0 Å². The van der Waals surface area contributed by atoms with Crippen molar-refractivity contribution in [3.05, 3.63) is 28.2 Å². The zero-order valence-electron chi connectivity index (χ0n) is 11.3. The van der Waals surface area contributed by atoms with Crippen LogP contribution < -0.4 is 10.1 Å². The lowest BCUT2D eigenvalue weighted by atomic mass is 10.1. The smallest absolute Gasteiger partial charge is 0.254 e. The van der Waals surface area contributed by atoms with Crippen LogP contribution in [0.15, 0.2) is 22.7 Å². The maximum atomic E-state index is 12.4. The average Bonchev–Trinajstić information content (AvgIpc) is 2.91. The number of hydrogen-bond acceptors (Lipinski definition) is 3. The third-order valence-electron chi connectivity index (χ3n) is 3.41. The molecule has 1 unspecified atom stereocenters. The predicted octanol–water partition coefficient (Wildman–Crippen LogP) is 2.28. The number of nitrogens with one attached hydrogen (secondary N) is 1. The summed E-state index contributed by atoms with van der Waals surface area (Å²) in [4.78, 5) is 14.2. The molecule has 1 amide bonds. The zero-order valence-corrected chi connectivity index (χ0v) is 12.9. The molecule has 1 N–H and O–H groups in total. The first kappa shape index (κ1) is 14.3. The molecule has 1 atom stereocenters. The zero-order chi connectivity index (χ0) is 13.8. The Balaban J connectivity index is 2.09. The molecule has 0 saturated carbocycles. The second kappa shape index (κ2) is 6.39. The highest BCUT2D eigenvalue weighted by Crippen LogP contribution is 2.23. The average molecular weight is 327 g/mol. The number of rotatable bonds is 4. The Bertz CT molecular complexity index is 459. The summed E-state index contributed by atoms with van der Waals surface area (Å²) in [5.41, 5.74) is 0.639. The van der Waals surface area contributed by atoms with Gasteiger partial charge in [0.1, 0.15) is 5.75 Å². The van der Waals surface area contributed by atoms with Crippen LogP contribution in [0, 0.1) is 0 Å². The second-order valence-electron chi connectivity index (χ2n) is 4.82. The lowest BCUT2D eigenvalue weighted by molar-refractivity contribution is 0.0782. The molecule has 2 rings (SSSR count). The Hall–Kier alpha value is -1.07. The van der Waals surface area contributed by atoms with Crippen molar-refractivity contribution in [2.24, 2.45) is 0 Å². The number of benzene rings is 1. The van der Waals surface area contributed by atoms with Crippen molar-refractivity contribution < 1.29 is 9.53 Å². The van der Waals surface area contributed by atoms with Crippen LogP contribution in [0.3, 0.4) is 0 Å². The molecule has 0 aromatic heterocycles. The Morgan fingerprint density at radius 3 is 3.00 bits per heavy atom. The summed E-state index contributed by atoms with van der Waals surface area (Å²) in [6, 6.07) is 5.86. The van der Waals surface area contributed by atoms with Crippen molar-refractivity contribution in [1.29, 1.82) is 0 Å². The number of carbonyl (C=O) groups is 1. The minimum atomic E-state index is 0.0134. The van der Waals surface area contributed by atoms with Crippen LogP contribution in [0.2, 0.25) is 0 Å². The predicted molar refractivity (Wildman–Crippen MR) is 78.7 cm³/mol. The highest BCUT2D eigenvalue weighted by molar-refractivity contribution is 9.10. The van der Waals surface area contributed by atoms with Crippen molar-refractivity contribution in [3.8, 4) is 5.75 Å². The fourth-order valence-corrected chi connectivity index (χ4v) is 2.74. The molecule has 0 radical (unpaired) electrons. The number of likely N-dealkylation sites (N-methyl/N-ethyl adjacent to an activating group) is 1. The van der Waals surface area contributed by atoms with Gasteiger partial charge in [0.05, 0.1) is 12.7 Å². The van der Waals surface area contributed by atoms with Crippen LogP contribution in [0.1, 0.15) is 23.2 Å². The summed E-state index contributed by atoms with van der Waals surface area (Å²) in [7, 11) is 3.44. The molecule has 1 aromatic rings. The van der Waals surface area contributed by atoms with Gasteiger partial charge < -0.3 is 15.0 Å². The molecular weight excluding hydrogens is 308 g/mol. The maximum Gasteiger partial charge on any atom is 0.254 e. The minimum absolute atomic E-state index is 0.0134. The third kappa shape index (κ3) is 3.48. The fourth-order valence-electron chi connectivity index (χ4n) is 2.33. The van der Waals surface area contributed by atoms with Gasteiger partial charge >= 0.3 is 0 Å². The van der Waals surface area contributed by atoms with E-state index in [0.29, 0.717) is 17.4 Å². The van der Waals surface area contributed by atoms with E-state index in [1.54, 1.807) is 18.1 Å². The molecule has 4 nitrogen and oxygen atoms in total. The molecule has 1 aliphatic rings. The van der Waals surface area contributed by atoms with E-state index in [-0.39, 0.29) is 5.91 Å². The molecule has 104 valence electrons. The summed E-state index contributed by atoms with van der Waals surface area (Å²) >= 11 is 3.42. The summed E-state index contributed by atoms with van der Waals surface area (Å²) in [5.74, 6) is 0.707. The van der Waals surface area contributed by atoms with Crippen LogP contribution in [0.5, 0.6) is 5.75 Å². The molecule has 0 aliphatic carbocycles. The minimum Gasteiger partial charge on any atom is -0.497 e. The van der Waals surface area contributed by atoms with Gasteiger partial charge in [-0.1, -0.05) is 0 Å². The number of nitrogens with zero attached hydrogens (tertiary/aromatic N) is 1. The molecule has 0 spiro atoms. The molecule has 1 saturated heterocycles. The van der Waals surface area contributed by atoms with Gasteiger partial charge in [-0.15, -0.1) is 0 Å². The molecule has 1 fully saturated rings. The molecular formula is C14H19BrN2O2. The first-order chi connectivity index (χ1) is 9.11. The van der Waals surface area contributed by atoms with E-state index in [0.717, 1.165) is 24.0 Å². The Kier molecular flexibility index (Phi) is 4.82. The second-order valence-corrected chi connectivity index (χ2v) is 5.68. The number of ether oxygens (including phenoxy) is 1. The fraction of sp³-hybridized carbons (Fsp3) is 0.500. The summed E-state index contributed by atoms with van der Waals surface area (Å²) in [5, 5.41) is 3.40. The molecule has 1 heterocycles. The van der Waals surface area contributed by atoms with Gasteiger partial charge in [-0.05, 0) is 53.5 Å². The van der Waals surface area contributed by atoms with E-state index in [4.69, 9.17) is 4.74 Å². The lowest BCUT2D eigenvalue weighted by Gasteiger charge is -2.22. The van der Waals surface area contributed by atoms with Gasteiger partial charge in [-0.3, -0.25) is 4.79 Å². The Morgan fingerprint density at radius 2 is 2.37 bits per heavy atom. The monoisotopic (exact) mass is 326 g/mol. The molecule has 1 aromatic carbocycles. The van der Waals surface area contributed by atoms with Crippen LogP contribution in [0.4, 0.5) is 0 Å². The summed E-state index contributed by atoms with van der Waals surface area (Å²) in [6.07, 6.45) is 2.33. The molecule has 5 heteroatoms. The van der Waals surface area contributed by atoms with Gasteiger partial charge in [0.15, 0.2) is 0 Å². The molecule has 0 bridgehead atoms. The maximum absolute atomic E-state index is 12.4. The van der Waals surface area contributed by atoms with Crippen LogP contribution in [-0.2, 0) is 0 Å². The van der Waals surface area contributed by atoms with Crippen molar-refractivity contribution >= 4 is 21.8 Å². The SMILES string of the molecule is COc1ccc(Br)c(C(=O)N(C)CC2CCCN2)c1. The van der Waals surface area contributed by atoms with Gasteiger partial charge in [0.25, 0.3) is 5.91 Å². The number of amides is 1. The normalized spacial score (nSPS) is 18.4. The van der Waals surface area contributed by atoms with Gasteiger partial charge in [-0.2, -0.15) is 0 Å². The number of carbonyl (C=O) groups excluding carboxylic acids is 1. The van der Waals surface area contributed by atoms with Gasteiger partial charge in [0.2, 0.25) is 0 Å². The van der Waals surface area contributed by atoms with Crippen molar-refractivity contribution in [3.63, 3.8) is 0 Å². The van der Waals surface area contributed by atoms with E-state index >= 15 is 0 Å². The summed E-state index contributed by atoms with van der Waals surface area (Å²) in [6.45, 7) is 1.79. The molecule has 19 heavy (non-hydrogen) atoms. The molecule has 1 aliphatic heterocycles. The lowest BCUT2D eigenvalue weighted by Crippen LogP contribution is -2.38. The first-order valence-corrected chi connectivity index (χ1v) is 7.23. The Morgan fingerprint density at radius 1 is 1.58 bits per heavy atom. The first-order valence-electron chi connectivity index (χ1n) is 6.44. The van der Waals surface area contributed by atoms with E-state index in [1.165, 1.54) is 6.42 Å². The highest BCUT2D eigenvalue weighted by Gasteiger charge is 2.21. The van der Waals surface area contributed by atoms with Crippen molar-refractivity contribution in [1.82, 2.24) is 10.2 Å².